The van der Waals surface area contributed by atoms with Crippen LogP contribution in [0.4, 0.5) is 0 Å². The average molecular weight is 275 g/mol. The first-order valence-electron chi connectivity index (χ1n) is 6.53. The third kappa shape index (κ3) is 2.31. The number of fused-ring (bicyclic) bond motifs is 1. The number of aliphatic hydroxyl groups is 1. The first-order chi connectivity index (χ1) is 9.23. The van der Waals surface area contributed by atoms with Crippen LogP contribution in [0, 0.1) is 0 Å². The van der Waals surface area contributed by atoms with Gasteiger partial charge in [0.1, 0.15) is 10.6 Å². The van der Waals surface area contributed by atoms with Crippen molar-refractivity contribution < 1.29 is 9.84 Å². The quantitative estimate of drug-likeness (QED) is 0.936. The maximum Gasteiger partial charge on any atom is 0.123 e. The molecule has 1 unspecified atom stereocenters. The lowest BCUT2D eigenvalue weighted by molar-refractivity contribution is -0.0581. The highest BCUT2D eigenvalue weighted by atomic mass is 32.1. The standard InChI is InChI=1S/C15H17NO2S/c1-15(8-9-17)13-12(7-10-18-15)16-14(19-13)11-5-3-2-4-6-11/h2-6,17H,7-10H2,1H3. The van der Waals surface area contributed by atoms with E-state index < -0.39 is 0 Å². The van der Waals surface area contributed by atoms with Gasteiger partial charge in [-0.1, -0.05) is 30.3 Å². The molecule has 2 heterocycles. The zero-order valence-electron chi connectivity index (χ0n) is 10.9. The fraction of sp³-hybridized carbons (Fsp3) is 0.400. The average Bonchev–Trinajstić information content (AvgIpc) is 2.86. The molecule has 1 aromatic carbocycles. The second-order valence-electron chi connectivity index (χ2n) is 4.96. The molecule has 2 aromatic rings. The van der Waals surface area contributed by atoms with E-state index >= 15 is 0 Å². The minimum Gasteiger partial charge on any atom is -0.396 e. The Morgan fingerprint density at radius 1 is 1.37 bits per heavy atom. The molecule has 0 aliphatic carbocycles. The van der Waals surface area contributed by atoms with Crippen molar-refractivity contribution in [1.29, 1.82) is 0 Å². The lowest BCUT2D eigenvalue weighted by atomic mass is 9.96. The van der Waals surface area contributed by atoms with E-state index in [1.54, 1.807) is 11.3 Å². The number of thiazole rings is 1. The van der Waals surface area contributed by atoms with Crippen molar-refractivity contribution in [3.8, 4) is 10.6 Å². The molecule has 0 spiro atoms. The highest BCUT2D eigenvalue weighted by molar-refractivity contribution is 7.15. The van der Waals surface area contributed by atoms with Gasteiger partial charge < -0.3 is 9.84 Å². The molecule has 1 atom stereocenters. The van der Waals surface area contributed by atoms with Crippen LogP contribution in [0.2, 0.25) is 0 Å². The Morgan fingerprint density at radius 3 is 2.89 bits per heavy atom. The van der Waals surface area contributed by atoms with Crippen molar-refractivity contribution in [2.75, 3.05) is 13.2 Å². The fourth-order valence-corrected chi connectivity index (χ4v) is 3.72. The smallest absolute Gasteiger partial charge is 0.123 e. The van der Waals surface area contributed by atoms with Gasteiger partial charge in [0.15, 0.2) is 0 Å². The van der Waals surface area contributed by atoms with Gasteiger partial charge in [-0.15, -0.1) is 11.3 Å². The molecule has 3 nitrogen and oxygen atoms in total. The molecule has 0 bridgehead atoms. The molecule has 0 fully saturated rings. The van der Waals surface area contributed by atoms with E-state index in [1.807, 2.05) is 25.1 Å². The first kappa shape index (κ1) is 12.8. The third-order valence-electron chi connectivity index (χ3n) is 3.55. The number of hydrogen-bond acceptors (Lipinski definition) is 4. The van der Waals surface area contributed by atoms with Crippen LogP contribution >= 0.6 is 11.3 Å². The zero-order chi connectivity index (χ0) is 13.3. The summed E-state index contributed by atoms with van der Waals surface area (Å²) in [6.07, 6.45) is 1.48. The third-order valence-corrected chi connectivity index (χ3v) is 4.94. The molecule has 1 aliphatic heterocycles. The summed E-state index contributed by atoms with van der Waals surface area (Å²) in [6.45, 7) is 2.87. The number of nitrogens with zero attached hydrogens (tertiary/aromatic N) is 1. The van der Waals surface area contributed by atoms with Crippen LogP contribution in [0.15, 0.2) is 30.3 Å². The Morgan fingerprint density at radius 2 is 2.16 bits per heavy atom. The predicted molar refractivity (Wildman–Crippen MR) is 76.3 cm³/mol. The molecule has 0 amide bonds. The molecule has 1 aliphatic rings. The van der Waals surface area contributed by atoms with E-state index in [9.17, 15) is 5.11 Å². The maximum absolute atomic E-state index is 9.24. The van der Waals surface area contributed by atoms with Crippen molar-refractivity contribution in [3.05, 3.63) is 40.9 Å². The SMILES string of the molecule is CC1(CCO)OCCc2nc(-c3ccccc3)sc21. The first-order valence-corrected chi connectivity index (χ1v) is 7.35. The van der Waals surface area contributed by atoms with E-state index in [4.69, 9.17) is 9.72 Å². The molecular weight excluding hydrogens is 258 g/mol. The summed E-state index contributed by atoms with van der Waals surface area (Å²) in [5.41, 5.74) is 1.90. The van der Waals surface area contributed by atoms with Crippen LogP contribution in [0.5, 0.6) is 0 Å². The van der Waals surface area contributed by atoms with Crippen LogP contribution in [-0.2, 0) is 16.8 Å². The van der Waals surface area contributed by atoms with E-state index in [1.165, 1.54) is 4.88 Å². The van der Waals surface area contributed by atoms with Crippen molar-refractivity contribution in [2.45, 2.75) is 25.4 Å². The Balaban J connectivity index is 2.03. The molecule has 0 saturated heterocycles. The Hall–Kier alpha value is -1.23. The summed E-state index contributed by atoms with van der Waals surface area (Å²) in [5.74, 6) is 0. The number of hydrogen-bond donors (Lipinski definition) is 1. The van der Waals surface area contributed by atoms with Crippen molar-refractivity contribution in [3.63, 3.8) is 0 Å². The van der Waals surface area contributed by atoms with E-state index in [0.717, 1.165) is 22.7 Å². The largest absolute Gasteiger partial charge is 0.396 e. The zero-order valence-corrected chi connectivity index (χ0v) is 11.7. The van der Waals surface area contributed by atoms with Crippen LogP contribution < -0.4 is 0 Å². The Kier molecular flexibility index (Phi) is 3.39. The maximum atomic E-state index is 9.24. The van der Waals surface area contributed by atoms with Crippen molar-refractivity contribution in [1.82, 2.24) is 4.98 Å². The summed E-state index contributed by atoms with van der Waals surface area (Å²) in [5, 5.41) is 10.3. The van der Waals surface area contributed by atoms with Crippen molar-refractivity contribution in [2.24, 2.45) is 0 Å². The van der Waals surface area contributed by atoms with Gasteiger partial charge in [-0.3, -0.25) is 0 Å². The molecule has 0 radical (unpaired) electrons. The topological polar surface area (TPSA) is 42.4 Å². The molecular formula is C15H17NO2S. The Labute approximate surface area is 116 Å². The minimum atomic E-state index is -0.382. The van der Waals surface area contributed by atoms with E-state index in [0.29, 0.717) is 13.0 Å². The number of benzene rings is 1. The number of ether oxygens (including phenoxy) is 1. The van der Waals surface area contributed by atoms with Crippen LogP contribution in [0.25, 0.3) is 10.6 Å². The summed E-state index contributed by atoms with van der Waals surface area (Å²) in [7, 11) is 0. The monoisotopic (exact) mass is 275 g/mol. The van der Waals surface area contributed by atoms with Gasteiger partial charge in [0.25, 0.3) is 0 Å². The highest BCUT2D eigenvalue weighted by Gasteiger charge is 2.36. The van der Waals surface area contributed by atoms with E-state index in [2.05, 4.69) is 12.1 Å². The van der Waals surface area contributed by atoms with Gasteiger partial charge in [0, 0.05) is 25.0 Å². The molecule has 100 valence electrons. The number of rotatable bonds is 3. The summed E-state index contributed by atoms with van der Waals surface area (Å²) < 4.78 is 5.89. The van der Waals surface area contributed by atoms with Gasteiger partial charge in [-0.25, -0.2) is 4.98 Å². The second-order valence-corrected chi connectivity index (χ2v) is 5.96. The molecule has 1 N–H and O–H groups in total. The van der Waals surface area contributed by atoms with Gasteiger partial charge >= 0.3 is 0 Å². The second kappa shape index (κ2) is 5.04. The van der Waals surface area contributed by atoms with Crippen LogP contribution in [0.3, 0.4) is 0 Å². The molecule has 0 saturated carbocycles. The number of aromatic nitrogens is 1. The minimum absolute atomic E-state index is 0.133. The summed E-state index contributed by atoms with van der Waals surface area (Å²) in [6, 6.07) is 10.2. The molecule has 4 heteroatoms. The normalized spacial score (nSPS) is 22.2. The molecule has 19 heavy (non-hydrogen) atoms. The molecule has 1 aromatic heterocycles. The van der Waals surface area contributed by atoms with Crippen molar-refractivity contribution >= 4 is 11.3 Å². The summed E-state index contributed by atoms with van der Waals surface area (Å²) >= 11 is 1.69. The van der Waals surface area contributed by atoms with Gasteiger partial charge in [0.2, 0.25) is 0 Å². The fourth-order valence-electron chi connectivity index (χ4n) is 2.48. The predicted octanol–water partition coefficient (Wildman–Crippen LogP) is 2.98. The van der Waals surface area contributed by atoms with Crippen LogP contribution in [0.1, 0.15) is 23.9 Å². The van der Waals surface area contributed by atoms with E-state index in [-0.39, 0.29) is 12.2 Å². The van der Waals surface area contributed by atoms with Gasteiger partial charge in [-0.2, -0.15) is 0 Å². The Bertz CT molecular complexity index is 567. The number of aliphatic hydroxyl groups excluding tert-OH is 1. The highest BCUT2D eigenvalue weighted by Crippen LogP contribution is 2.41. The van der Waals surface area contributed by atoms with Crippen LogP contribution in [-0.4, -0.2) is 23.3 Å². The lowest BCUT2D eigenvalue weighted by Gasteiger charge is -2.32. The van der Waals surface area contributed by atoms with Gasteiger partial charge in [-0.05, 0) is 6.92 Å². The molecule has 3 rings (SSSR count). The lowest BCUT2D eigenvalue weighted by Crippen LogP contribution is -2.32. The summed E-state index contributed by atoms with van der Waals surface area (Å²) in [4.78, 5) is 5.93. The van der Waals surface area contributed by atoms with Gasteiger partial charge in [0.05, 0.1) is 17.2 Å².